The van der Waals surface area contributed by atoms with Crippen LogP contribution < -0.4 is 15.8 Å². The highest BCUT2D eigenvalue weighted by Crippen LogP contribution is 2.43. The molecule has 1 aromatic rings. The van der Waals surface area contributed by atoms with Crippen molar-refractivity contribution in [1.82, 2.24) is 5.32 Å². The first-order valence-electron chi connectivity index (χ1n) is 7.63. The van der Waals surface area contributed by atoms with Crippen LogP contribution in [0.5, 0.6) is 5.75 Å². The van der Waals surface area contributed by atoms with E-state index in [4.69, 9.17) is 10.5 Å². The van der Waals surface area contributed by atoms with E-state index in [1.54, 1.807) is 0 Å². The van der Waals surface area contributed by atoms with Crippen molar-refractivity contribution in [2.24, 2.45) is 5.73 Å². The van der Waals surface area contributed by atoms with Crippen LogP contribution in [-0.4, -0.2) is 36.6 Å². The van der Waals surface area contributed by atoms with Crippen LogP contribution in [0, 0.1) is 0 Å². The Morgan fingerprint density at radius 3 is 2.61 bits per heavy atom. The molecular formula is C16H25ClN2O2S2. The predicted molar refractivity (Wildman–Crippen MR) is 103 cm³/mol. The smallest absolute Gasteiger partial charge is 0.257 e. The van der Waals surface area contributed by atoms with Gasteiger partial charge in [0.25, 0.3) is 5.91 Å². The van der Waals surface area contributed by atoms with Crippen molar-refractivity contribution in [2.75, 3.05) is 24.7 Å². The van der Waals surface area contributed by atoms with Gasteiger partial charge in [-0.2, -0.15) is 0 Å². The fraction of sp³-hybridized carbons (Fsp3) is 0.562. The fourth-order valence-electron chi connectivity index (χ4n) is 2.04. The van der Waals surface area contributed by atoms with Gasteiger partial charge in [0.05, 0.1) is 4.58 Å². The molecule has 2 rings (SSSR count). The molecule has 0 aliphatic carbocycles. The average molecular weight is 377 g/mol. The summed E-state index contributed by atoms with van der Waals surface area (Å²) in [7, 11) is 0. The monoisotopic (exact) mass is 376 g/mol. The van der Waals surface area contributed by atoms with Crippen LogP contribution >= 0.6 is 35.9 Å². The van der Waals surface area contributed by atoms with Crippen molar-refractivity contribution in [3.63, 3.8) is 0 Å². The van der Waals surface area contributed by atoms with Crippen LogP contribution in [0.1, 0.15) is 29.9 Å². The molecule has 1 aromatic carbocycles. The van der Waals surface area contributed by atoms with E-state index in [2.05, 4.69) is 17.4 Å². The van der Waals surface area contributed by atoms with Gasteiger partial charge in [-0.1, -0.05) is 12.1 Å². The molecule has 0 spiro atoms. The summed E-state index contributed by atoms with van der Waals surface area (Å²) in [5, 5.41) is 2.80. The number of nitrogens with one attached hydrogen (secondary N) is 1. The highest BCUT2D eigenvalue weighted by molar-refractivity contribution is 8.16. The Kier molecular flexibility index (Phi) is 9.86. The molecule has 0 saturated carbocycles. The van der Waals surface area contributed by atoms with Gasteiger partial charge in [-0.3, -0.25) is 4.79 Å². The van der Waals surface area contributed by atoms with Gasteiger partial charge in [-0.25, -0.2) is 0 Å². The number of carbonyl (C=O) groups is 1. The van der Waals surface area contributed by atoms with Gasteiger partial charge in [0.1, 0.15) is 5.75 Å². The molecule has 0 aromatic heterocycles. The van der Waals surface area contributed by atoms with Crippen molar-refractivity contribution < 1.29 is 9.53 Å². The molecule has 23 heavy (non-hydrogen) atoms. The minimum absolute atomic E-state index is 0. The standard InChI is InChI=1S/C16H24N2O2S2.ClH/c1-12(17)7-8-18-15(19)11-20-14-5-3-13(4-6-14)16-21-9-2-10-22-16;/h3-6,12,16H,2,7-11,17H2,1H3,(H,18,19);1H. The van der Waals surface area contributed by atoms with Crippen molar-refractivity contribution in [2.45, 2.75) is 30.4 Å². The summed E-state index contributed by atoms with van der Waals surface area (Å²) in [6, 6.07) is 8.18. The van der Waals surface area contributed by atoms with E-state index in [9.17, 15) is 4.79 Å². The van der Waals surface area contributed by atoms with Gasteiger partial charge in [0.2, 0.25) is 0 Å². The number of ether oxygens (including phenoxy) is 1. The summed E-state index contributed by atoms with van der Waals surface area (Å²) in [4.78, 5) is 11.6. The Morgan fingerprint density at radius 1 is 1.35 bits per heavy atom. The average Bonchev–Trinajstić information content (AvgIpc) is 2.54. The highest BCUT2D eigenvalue weighted by Gasteiger charge is 2.16. The minimum Gasteiger partial charge on any atom is -0.484 e. The lowest BCUT2D eigenvalue weighted by Crippen LogP contribution is -2.32. The Labute approximate surface area is 153 Å². The maximum atomic E-state index is 11.6. The second-order valence-corrected chi connectivity index (χ2v) is 8.13. The second-order valence-electron chi connectivity index (χ2n) is 5.40. The molecule has 1 unspecified atom stereocenters. The Balaban J connectivity index is 0.00000264. The van der Waals surface area contributed by atoms with Gasteiger partial charge < -0.3 is 15.8 Å². The normalized spacial score (nSPS) is 16.3. The molecule has 0 bridgehead atoms. The van der Waals surface area contributed by atoms with Crippen molar-refractivity contribution in [3.8, 4) is 5.75 Å². The molecular weight excluding hydrogens is 352 g/mol. The lowest BCUT2D eigenvalue weighted by Gasteiger charge is -2.21. The van der Waals surface area contributed by atoms with E-state index in [1.807, 2.05) is 42.6 Å². The number of hydrogen-bond donors (Lipinski definition) is 2. The number of carbonyl (C=O) groups excluding carboxylic acids is 1. The van der Waals surface area contributed by atoms with Crippen LogP contribution in [0.3, 0.4) is 0 Å². The van der Waals surface area contributed by atoms with Crippen LogP contribution in [0.2, 0.25) is 0 Å². The molecule has 1 aliphatic rings. The summed E-state index contributed by atoms with van der Waals surface area (Å²) >= 11 is 4.00. The molecule has 1 heterocycles. The van der Waals surface area contributed by atoms with E-state index < -0.39 is 0 Å². The lowest BCUT2D eigenvalue weighted by molar-refractivity contribution is -0.123. The molecule has 3 N–H and O–H groups in total. The molecule has 1 aliphatic heterocycles. The molecule has 4 nitrogen and oxygen atoms in total. The quantitative estimate of drug-likeness (QED) is 0.765. The molecule has 130 valence electrons. The molecule has 1 fully saturated rings. The zero-order chi connectivity index (χ0) is 15.8. The first-order valence-corrected chi connectivity index (χ1v) is 9.73. The molecule has 1 atom stereocenters. The first kappa shape index (κ1) is 20.5. The third-order valence-corrected chi connectivity index (χ3v) is 6.29. The van der Waals surface area contributed by atoms with Crippen molar-refractivity contribution >= 4 is 41.8 Å². The Hall–Kier alpha value is -0.560. The molecule has 1 saturated heterocycles. The van der Waals surface area contributed by atoms with Crippen molar-refractivity contribution in [3.05, 3.63) is 29.8 Å². The number of nitrogens with two attached hydrogens (primary N) is 1. The third-order valence-electron chi connectivity index (χ3n) is 3.27. The Morgan fingerprint density at radius 2 is 2.00 bits per heavy atom. The number of amides is 1. The number of hydrogen-bond acceptors (Lipinski definition) is 5. The topological polar surface area (TPSA) is 64.3 Å². The number of rotatable bonds is 7. The molecule has 1 amide bonds. The largest absolute Gasteiger partial charge is 0.484 e. The maximum absolute atomic E-state index is 11.6. The SMILES string of the molecule is CC(N)CCNC(=O)COc1ccc(C2SCCCS2)cc1.Cl. The van der Waals surface area contributed by atoms with Gasteiger partial charge >= 0.3 is 0 Å². The summed E-state index contributed by atoms with van der Waals surface area (Å²) in [6.07, 6.45) is 2.07. The van der Waals surface area contributed by atoms with E-state index in [1.165, 1.54) is 23.5 Å². The van der Waals surface area contributed by atoms with Crippen LogP contribution in [0.25, 0.3) is 0 Å². The van der Waals surface area contributed by atoms with Gasteiger partial charge in [-0.15, -0.1) is 35.9 Å². The van der Waals surface area contributed by atoms with E-state index in [-0.39, 0.29) is 31.0 Å². The molecule has 7 heteroatoms. The van der Waals surface area contributed by atoms with Crippen molar-refractivity contribution in [1.29, 1.82) is 0 Å². The second kappa shape index (κ2) is 11.1. The lowest BCUT2D eigenvalue weighted by atomic mass is 10.2. The van der Waals surface area contributed by atoms with Gasteiger partial charge in [0.15, 0.2) is 6.61 Å². The van der Waals surface area contributed by atoms with E-state index >= 15 is 0 Å². The minimum atomic E-state index is -0.108. The summed E-state index contributed by atoms with van der Waals surface area (Å²) in [6.45, 7) is 2.56. The number of benzene rings is 1. The summed E-state index contributed by atoms with van der Waals surface area (Å²) < 4.78 is 6.04. The zero-order valence-corrected chi connectivity index (χ0v) is 15.8. The number of halogens is 1. The summed E-state index contributed by atoms with van der Waals surface area (Å²) in [5.74, 6) is 3.09. The summed E-state index contributed by atoms with van der Waals surface area (Å²) in [5.41, 5.74) is 6.96. The van der Waals surface area contributed by atoms with Crippen LogP contribution in [0.15, 0.2) is 24.3 Å². The maximum Gasteiger partial charge on any atom is 0.257 e. The Bertz CT molecular complexity index is 466. The highest BCUT2D eigenvalue weighted by atomic mass is 35.5. The van der Waals surface area contributed by atoms with Gasteiger partial charge in [0, 0.05) is 12.6 Å². The fourth-order valence-corrected chi connectivity index (χ4v) is 4.93. The van der Waals surface area contributed by atoms with Crippen LogP contribution in [-0.2, 0) is 4.79 Å². The van der Waals surface area contributed by atoms with E-state index in [0.717, 1.165) is 12.2 Å². The van der Waals surface area contributed by atoms with Crippen LogP contribution in [0.4, 0.5) is 0 Å². The number of thioether (sulfide) groups is 2. The van der Waals surface area contributed by atoms with E-state index in [0.29, 0.717) is 11.1 Å². The molecule has 0 radical (unpaired) electrons. The predicted octanol–water partition coefficient (Wildman–Crippen LogP) is 3.21. The zero-order valence-electron chi connectivity index (χ0n) is 13.3. The third kappa shape index (κ3) is 7.70. The first-order chi connectivity index (χ1) is 10.6. The van der Waals surface area contributed by atoms with Gasteiger partial charge in [-0.05, 0) is 49.0 Å².